The molecule has 1 unspecified atom stereocenters. The maximum atomic E-state index is 12.4. The Balaban J connectivity index is 1.74. The summed E-state index contributed by atoms with van der Waals surface area (Å²) >= 11 is 5.03. The van der Waals surface area contributed by atoms with Crippen molar-refractivity contribution in [3.8, 4) is 0 Å². The normalized spacial score (nSPS) is 16.8. The summed E-state index contributed by atoms with van der Waals surface area (Å²) < 4.78 is 0.834. The van der Waals surface area contributed by atoms with Crippen molar-refractivity contribution >= 4 is 45.0 Å². The van der Waals surface area contributed by atoms with Crippen molar-refractivity contribution < 1.29 is 4.79 Å². The van der Waals surface area contributed by atoms with E-state index in [0.29, 0.717) is 11.4 Å². The van der Waals surface area contributed by atoms with Crippen LogP contribution in [0.5, 0.6) is 0 Å². The minimum Gasteiger partial charge on any atom is -0.399 e. The van der Waals surface area contributed by atoms with Crippen molar-refractivity contribution in [3.05, 3.63) is 52.5 Å². The molecule has 20 heavy (non-hydrogen) atoms. The first-order valence-electron chi connectivity index (χ1n) is 6.24. The summed E-state index contributed by atoms with van der Waals surface area (Å²) in [6.45, 7) is 0. The lowest BCUT2D eigenvalue weighted by molar-refractivity contribution is -0.115. The van der Waals surface area contributed by atoms with E-state index in [1.165, 1.54) is 10.5 Å². The van der Waals surface area contributed by atoms with Crippen molar-refractivity contribution in [1.29, 1.82) is 0 Å². The third-order valence-electron chi connectivity index (χ3n) is 3.19. The quantitative estimate of drug-likeness (QED) is 0.813. The van der Waals surface area contributed by atoms with Gasteiger partial charge in [0.15, 0.2) is 0 Å². The van der Waals surface area contributed by atoms with Gasteiger partial charge in [-0.2, -0.15) is 0 Å². The van der Waals surface area contributed by atoms with Crippen LogP contribution < -0.4 is 11.1 Å². The Morgan fingerprint density at radius 2 is 2.10 bits per heavy atom. The fraction of sp³-hybridized carbons (Fsp3) is 0.133. The zero-order valence-corrected chi connectivity index (χ0v) is 13.0. The summed E-state index contributed by atoms with van der Waals surface area (Å²) in [6, 6.07) is 13.5. The van der Waals surface area contributed by atoms with Gasteiger partial charge in [-0.3, -0.25) is 4.79 Å². The fourth-order valence-electron chi connectivity index (χ4n) is 2.18. The average molecular weight is 349 g/mol. The Hall–Kier alpha value is -1.46. The number of benzene rings is 2. The number of halogens is 1. The van der Waals surface area contributed by atoms with E-state index in [9.17, 15) is 4.79 Å². The standard InChI is InChI=1S/C15H13BrN2OS/c16-11-6-5-10(17)8-12(11)18-15(19)14-7-9-3-1-2-4-13(9)20-14/h1-6,8,14H,7,17H2,(H,18,19). The number of hydrogen-bond acceptors (Lipinski definition) is 3. The molecule has 3 rings (SSSR count). The number of hydrogen-bond donors (Lipinski definition) is 2. The Kier molecular flexibility index (Phi) is 3.72. The lowest BCUT2D eigenvalue weighted by atomic mass is 10.1. The van der Waals surface area contributed by atoms with Gasteiger partial charge in [0.2, 0.25) is 5.91 Å². The third kappa shape index (κ3) is 2.69. The molecule has 0 aliphatic carbocycles. The minimum absolute atomic E-state index is 0.0116. The lowest BCUT2D eigenvalue weighted by Crippen LogP contribution is -2.24. The molecule has 1 amide bonds. The van der Waals surface area contributed by atoms with Gasteiger partial charge in [0, 0.05) is 15.1 Å². The van der Waals surface area contributed by atoms with Crippen molar-refractivity contribution in [1.82, 2.24) is 0 Å². The van der Waals surface area contributed by atoms with Crippen LogP contribution in [0, 0.1) is 0 Å². The highest BCUT2D eigenvalue weighted by atomic mass is 79.9. The molecule has 1 aliphatic heterocycles. The number of nitrogen functional groups attached to an aromatic ring is 1. The molecule has 2 aromatic rings. The summed E-state index contributed by atoms with van der Waals surface area (Å²) in [4.78, 5) is 13.5. The first-order valence-corrected chi connectivity index (χ1v) is 7.91. The number of amides is 1. The first-order chi connectivity index (χ1) is 9.63. The third-order valence-corrected chi connectivity index (χ3v) is 5.20. The highest BCUT2D eigenvalue weighted by Gasteiger charge is 2.28. The van der Waals surface area contributed by atoms with Crippen LogP contribution in [0.1, 0.15) is 5.56 Å². The van der Waals surface area contributed by atoms with E-state index in [2.05, 4.69) is 33.4 Å². The van der Waals surface area contributed by atoms with Crippen LogP contribution in [0.15, 0.2) is 51.8 Å². The first kappa shape index (κ1) is 13.5. The fourth-order valence-corrected chi connectivity index (χ4v) is 3.72. The highest BCUT2D eigenvalue weighted by molar-refractivity contribution is 9.10. The Morgan fingerprint density at radius 1 is 1.30 bits per heavy atom. The maximum absolute atomic E-state index is 12.4. The molecule has 102 valence electrons. The number of rotatable bonds is 2. The molecule has 0 spiro atoms. The molecule has 1 aliphatic rings. The van der Waals surface area contributed by atoms with Crippen molar-refractivity contribution in [2.24, 2.45) is 0 Å². The second-order valence-electron chi connectivity index (χ2n) is 4.65. The molecule has 3 nitrogen and oxygen atoms in total. The highest BCUT2D eigenvalue weighted by Crippen LogP contribution is 2.37. The zero-order chi connectivity index (χ0) is 14.1. The smallest absolute Gasteiger partial charge is 0.238 e. The summed E-state index contributed by atoms with van der Waals surface area (Å²) in [5.41, 5.74) is 8.33. The molecule has 5 heteroatoms. The van der Waals surface area contributed by atoms with E-state index in [-0.39, 0.29) is 11.2 Å². The predicted molar refractivity (Wildman–Crippen MR) is 87.0 cm³/mol. The van der Waals surface area contributed by atoms with E-state index >= 15 is 0 Å². The Bertz CT molecular complexity index is 650. The van der Waals surface area contributed by atoms with Crippen LogP contribution in [-0.4, -0.2) is 11.2 Å². The lowest BCUT2D eigenvalue weighted by Gasteiger charge is -2.12. The number of anilines is 2. The second kappa shape index (κ2) is 5.50. The Morgan fingerprint density at radius 3 is 2.90 bits per heavy atom. The van der Waals surface area contributed by atoms with Gasteiger partial charge in [-0.25, -0.2) is 0 Å². The molecule has 3 N–H and O–H groups in total. The van der Waals surface area contributed by atoms with Crippen molar-refractivity contribution in [2.45, 2.75) is 16.6 Å². The molecule has 0 saturated carbocycles. The van der Waals surface area contributed by atoms with Gasteiger partial charge in [0.1, 0.15) is 0 Å². The van der Waals surface area contributed by atoms with Crippen LogP contribution in [0.4, 0.5) is 11.4 Å². The average Bonchev–Trinajstić information content (AvgIpc) is 2.87. The molecular formula is C15H13BrN2OS. The molecule has 0 fully saturated rings. The van der Waals surface area contributed by atoms with Crippen LogP contribution in [-0.2, 0) is 11.2 Å². The number of nitrogens with one attached hydrogen (secondary N) is 1. The number of fused-ring (bicyclic) bond motifs is 1. The monoisotopic (exact) mass is 348 g/mol. The van der Waals surface area contributed by atoms with E-state index in [0.717, 1.165) is 10.9 Å². The van der Waals surface area contributed by atoms with E-state index < -0.39 is 0 Å². The van der Waals surface area contributed by atoms with Crippen LogP contribution >= 0.6 is 27.7 Å². The Labute approximate surface area is 130 Å². The SMILES string of the molecule is Nc1ccc(Br)c(NC(=O)C2Cc3ccccc3S2)c1. The topological polar surface area (TPSA) is 55.1 Å². The summed E-state index contributed by atoms with van der Waals surface area (Å²) in [5, 5.41) is 2.86. The van der Waals surface area contributed by atoms with Gasteiger partial charge in [-0.1, -0.05) is 18.2 Å². The molecular weight excluding hydrogens is 336 g/mol. The van der Waals surface area contributed by atoms with Gasteiger partial charge in [0.25, 0.3) is 0 Å². The molecule has 0 radical (unpaired) electrons. The van der Waals surface area contributed by atoms with Gasteiger partial charge < -0.3 is 11.1 Å². The summed E-state index contributed by atoms with van der Waals surface area (Å²) in [7, 11) is 0. The predicted octanol–water partition coefficient (Wildman–Crippen LogP) is 3.69. The van der Waals surface area contributed by atoms with Crippen LogP contribution in [0.2, 0.25) is 0 Å². The van der Waals surface area contributed by atoms with Crippen molar-refractivity contribution in [2.75, 3.05) is 11.1 Å². The molecule has 0 bridgehead atoms. The minimum atomic E-state index is -0.0827. The molecule has 0 saturated heterocycles. The molecule has 1 heterocycles. The van der Waals surface area contributed by atoms with Gasteiger partial charge in [-0.05, 0) is 52.2 Å². The van der Waals surface area contributed by atoms with E-state index in [1.54, 1.807) is 23.9 Å². The summed E-state index contributed by atoms with van der Waals surface area (Å²) in [5.74, 6) is 0.0116. The molecule has 0 aromatic heterocycles. The molecule has 1 atom stereocenters. The second-order valence-corrected chi connectivity index (χ2v) is 6.75. The number of thioether (sulfide) groups is 1. The number of carbonyl (C=O) groups is 1. The molecule has 2 aromatic carbocycles. The number of carbonyl (C=O) groups excluding carboxylic acids is 1. The summed E-state index contributed by atoms with van der Waals surface area (Å²) in [6.07, 6.45) is 0.770. The number of nitrogens with two attached hydrogens (primary N) is 1. The van der Waals surface area contributed by atoms with Gasteiger partial charge in [0.05, 0.1) is 10.9 Å². The van der Waals surface area contributed by atoms with E-state index in [1.807, 2.05) is 18.2 Å². The van der Waals surface area contributed by atoms with Crippen LogP contribution in [0.3, 0.4) is 0 Å². The maximum Gasteiger partial charge on any atom is 0.238 e. The van der Waals surface area contributed by atoms with Gasteiger partial charge in [-0.15, -0.1) is 11.8 Å². The van der Waals surface area contributed by atoms with Crippen molar-refractivity contribution in [3.63, 3.8) is 0 Å². The zero-order valence-electron chi connectivity index (χ0n) is 10.6. The van der Waals surface area contributed by atoms with E-state index in [4.69, 9.17) is 5.73 Å². The van der Waals surface area contributed by atoms with Crippen LogP contribution in [0.25, 0.3) is 0 Å². The largest absolute Gasteiger partial charge is 0.399 e. The van der Waals surface area contributed by atoms with Gasteiger partial charge >= 0.3 is 0 Å².